The van der Waals surface area contributed by atoms with Crippen LogP contribution in [-0.2, 0) is 4.79 Å². The molecule has 3 heteroatoms. The average Bonchev–Trinajstić information content (AvgIpc) is 2.67. The molecule has 1 saturated heterocycles. The van der Waals surface area contributed by atoms with Crippen molar-refractivity contribution in [1.82, 2.24) is 0 Å². The van der Waals surface area contributed by atoms with Crippen molar-refractivity contribution in [3.8, 4) is 0 Å². The molecule has 0 unspecified atom stereocenters. The van der Waals surface area contributed by atoms with E-state index in [0.29, 0.717) is 0 Å². The zero-order valence-electron chi connectivity index (χ0n) is 7.85. The molecule has 0 amide bonds. The molecule has 2 N–H and O–H groups in total. The van der Waals surface area contributed by atoms with Crippen molar-refractivity contribution in [3.63, 3.8) is 0 Å². The Hall–Kier alpha value is -1.35. The van der Waals surface area contributed by atoms with E-state index in [4.69, 9.17) is 0 Å². The van der Waals surface area contributed by atoms with E-state index in [9.17, 15) is 9.90 Å². The lowest BCUT2D eigenvalue weighted by molar-refractivity contribution is -0.665. The number of nitrogens with two attached hydrogens (primary N) is 1. The molecule has 1 aliphatic rings. The van der Waals surface area contributed by atoms with Crippen LogP contribution in [0, 0.1) is 0 Å². The minimum absolute atomic E-state index is 0.112. The fraction of sp³-hybridized carbons (Fsp3) is 0.364. The predicted molar refractivity (Wildman–Crippen MR) is 49.4 cm³/mol. The van der Waals surface area contributed by atoms with Crippen molar-refractivity contribution in [2.75, 3.05) is 6.54 Å². The van der Waals surface area contributed by atoms with E-state index < -0.39 is 12.0 Å². The third-order valence-electron chi connectivity index (χ3n) is 2.83. The largest absolute Gasteiger partial charge is 0.544 e. The molecule has 1 aromatic rings. The fourth-order valence-corrected chi connectivity index (χ4v) is 2.13. The Morgan fingerprint density at radius 1 is 1.36 bits per heavy atom. The van der Waals surface area contributed by atoms with Gasteiger partial charge in [0, 0.05) is 12.3 Å². The molecule has 1 fully saturated rings. The first kappa shape index (κ1) is 9.21. The fourth-order valence-electron chi connectivity index (χ4n) is 2.13. The van der Waals surface area contributed by atoms with E-state index in [-0.39, 0.29) is 5.92 Å². The van der Waals surface area contributed by atoms with Gasteiger partial charge in [0.1, 0.15) is 6.04 Å². The van der Waals surface area contributed by atoms with Gasteiger partial charge in [0.2, 0.25) is 0 Å². The second-order valence-electron chi connectivity index (χ2n) is 3.68. The molecule has 0 aromatic heterocycles. The molecule has 0 bridgehead atoms. The lowest BCUT2D eigenvalue weighted by Crippen LogP contribution is -2.90. The highest BCUT2D eigenvalue weighted by Gasteiger charge is 2.32. The molecule has 2 atom stereocenters. The molecule has 74 valence electrons. The number of carbonyl (C=O) groups excluding carboxylic acids is 1. The maximum absolute atomic E-state index is 10.8. The molecule has 1 heterocycles. The summed E-state index contributed by atoms with van der Waals surface area (Å²) in [6.07, 6.45) is 0.919. The Kier molecular flexibility index (Phi) is 2.50. The molecule has 1 aromatic carbocycles. The van der Waals surface area contributed by atoms with Gasteiger partial charge >= 0.3 is 0 Å². The molecular formula is C11H13NO2. The number of benzene rings is 1. The summed E-state index contributed by atoms with van der Waals surface area (Å²) in [4.78, 5) is 10.8. The minimum Gasteiger partial charge on any atom is -0.544 e. The highest BCUT2D eigenvalue weighted by Crippen LogP contribution is 2.23. The topological polar surface area (TPSA) is 56.7 Å². The summed E-state index contributed by atoms with van der Waals surface area (Å²) >= 11 is 0. The van der Waals surface area contributed by atoms with Crippen LogP contribution in [0.2, 0.25) is 0 Å². The summed E-state index contributed by atoms with van der Waals surface area (Å²) in [7, 11) is 0. The number of rotatable bonds is 2. The van der Waals surface area contributed by atoms with Crippen LogP contribution < -0.4 is 10.4 Å². The third kappa shape index (κ3) is 1.63. The normalized spacial score (nSPS) is 26.3. The van der Waals surface area contributed by atoms with E-state index in [0.717, 1.165) is 18.5 Å². The molecule has 3 nitrogen and oxygen atoms in total. The highest BCUT2D eigenvalue weighted by molar-refractivity contribution is 5.71. The average molecular weight is 191 g/mol. The molecule has 0 saturated carbocycles. The highest BCUT2D eigenvalue weighted by atomic mass is 16.4. The number of aliphatic carboxylic acids is 1. The van der Waals surface area contributed by atoms with Gasteiger partial charge in [0.25, 0.3) is 0 Å². The van der Waals surface area contributed by atoms with Crippen molar-refractivity contribution >= 4 is 5.97 Å². The predicted octanol–water partition coefficient (Wildman–Crippen LogP) is -1.14. The quantitative estimate of drug-likeness (QED) is 0.642. The molecular weight excluding hydrogens is 178 g/mol. The van der Waals surface area contributed by atoms with Crippen molar-refractivity contribution in [2.45, 2.75) is 18.4 Å². The summed E-state index contributed by atoms with van der Waals surface area (Å²) < 4.78 is 0. The van der Waals surface area contributed by atoms with Gasteiger partial charge in [-0.1, -0.05) is 30.3 Å². The maximum Gasteiger partial charge on any atom is 0.133 e. The molecule has 2 rings (SSSR count). The molecule has 0 spiro atoms. The van der Waals surface area contributed by atoms with Crippen LogP contribution in [-0.4, -0.2) is 18.6 Å². The number of hydrogen-bond acceptors (Lipinski definition) is 2. The number of hydrogen-bond donors (Lipinski definition) is 1. The second kappa shape index (κ2) is 3.80. The second-order valence-corrected chi connectivity index (χ2v) is 3.68. The van der Waals surface area contributed by atoms with Gasteiger partial charge in [-0.3, -0.25) is 0 Å². The van der Waals surface area contributed by atoms with E-state index in [1.807, 2.05) is 35.6 Å². The summed E-state index contributed by atoms with van der Waals surface area (Å²) in [5, 5.41) is 12.7. The van der Waals surface area contributed by atoms with Gasteiger partial charge in [0.15, 0.2) is 0 Å². The molecule has 0 aliphatic carbocycles. The van der Waals surface area contributed by atoms with E-state index in [2.05, 4.69) is 0 Å². The molecule has 0 radical (unpaired) electrons. The number of carboxylic acid groups (broad SMARTS) is 1. The van der Waals surface area contributed by atoms with Crippen LogP contribution >= 0.6 is 0 Å². The van der Waals surface area contributed by atoms with Crippen molar-refractivity contribution in [1.29, 1.82) is 0 Å². The molecule has 14 heavy (non-hydrogen) atoms. The van der Waals surface area contributed by atoms with Crippen LogP contribution in [0.5, 0.6) is 0 Å². The zero-order chi connectivity index (χ0) is 9.97. The minimum atomic E-state index is -0.948. The lowest BCUT2D eigenvalue weighted by atomic mass is 9.92. The van der Waals surface area contributed by atoms with Gasteiger partial charge in [0.05, 0.1) is 12.5 Å². The summed E-state index contributed by atoms with van der Waals surface area (Å²) in [6, 6.07) is 9.40. The number of carboxylic acids is 1. The van der Waals surface area contributed by atoms with Crippen LogP contribution in [0.25, 0.3) is 0 Å². The SMILES string of the molecule is O=C([O-])[C@@H]1[NH2+]CC[C@@H]1c1ccccc1. The van der Waals surface area contributed by atoms with E-state index in [1.54, 1.807) is 0 Å². The summed E-state index contributed by atoms with van der Waals surface area (Å²) in [5.74, 6) is -0.836. The monoisotopic (exact) mass is 191 g/mol. The Bertz CT molecular complexity index is 323. The zero-order valence-corrected chi connectivity index (χ0v) is 7.85. The number of carbonyl (C=O) groups is 1. The van der Waals surface area contributed by atoms with Gasteiger partial charge in [-0.25, -0.2) is 0 Å². The summed E-state index contributed by atoms with van der Waals surface area (Å²) in [6.45, 7) is 0.873. The van der Waals surface area contributed by atoms with Crippen molar-refractivity contribution in [3.05, 3.63) is 35.9 Å². The van der Waals surface area contributed by atoms with E-state index in [1.165, 1.54) is 0 Å². The van der Waals surface area contributed by atoms with Crippen LogP contribution in [0.15, 0.2) is 30.3 Å². The first-order valence-electron chi connectivity index (χ1n) is 4.88. The first-order valence-corrected chi connectivity index (χ1v) is 4.88. The van der Waals surface area contributed by atoms with Gasteiger partial charge in [-0.05, 0) is 5.56 Å². The van der Waals surface area contributed by atoms with Crippen LogP contribution in [0.4, 0.5) is 0 Å². The van der Waals surface area contributed by atoms with Gasteiger partial charge in [-0.2, -0.15) is 0 Å². The standard InChI is InChI=1S/C11H13NO2/c13-11(14)10-9(6-7-12-10)8-4-2-1-3-5-8/h1-5,9-10,12H,6-7H2,(H,13,14)/t9-,10-/m1/s1. The smallest absolute Gasteiger partial charge is 0.133 e. The van der Waals surface area contributed by atoms with Crippen molar-refractivity contribution < 1.29 is 15.2 Å². The Morgan fingerprint density at radius 2 is 2.07 bits per heavy atom. The Balaban J connectivity index is 2.22. The number of quaternary nitrogens is 1. The first-order chi connectivity index (χ1) is 6.79. The van der Waals surface area contributed by atoms with Crippen molar-refractivity contribution in [2.24, 2.45) is 0 Å². The molecule has 1 aliphatic heterocycles. The summed E-state index contributed by atoms with van der Waals surface area (Å²) in [5.41, 5.74) is 1.11. The van der Waals surface area contributed by atoms with Gasteiger partial charge in [-0.15, -0.1) is 0 Å². The lowest BCUT2D eigenvalue weighted by Gasteiger charge is -2.17. The maximum atomic E-state index is 10.8. The Morgan fingerprint density at radius 3 is 2.71 bits per heavy atom. The van der Waals surface area contributed by atoms with Gasteiger partial charge < -0.3 is 15.2 Å². The van der Waals surface area contributed by atoms with E-state index >= 15 is 0 Å². The van der Waals surface area contributed by atoms with Crippen LogP contribution in [0.3, 0.4) is 0 Å². The third-order valence-corrected chi connectivity index (χ3v) is 2.83. The van der Waals surface area contributed by atoms with Crippen LogP contribution in [0.1, 0.15) is 17.9 Å². The Labute approximate surface area is 82.8 Å².